The Morgan fingerprint density at radius 1 is 1.14 bits per heavy atom. The van der Waals surface area contributed by atoms with Crippen LogP contribution >= 0.6 is 11.3 Å². The van der Waals surface area contributed by atoms with E-state index in [2.05, 4.69) is 84.0 Å². The van der Waals surface area contributed by atoms with Crippen LogP contribution < -0.4 is 5.32 Å². The first-order valence-corrected chi connectivity index (χ1v) is 11.6. The Balaban J connectivity index is 1.33. The number of aliphatic hydroxyl groups is 1. The van der Waals surface area contributed by atoms with E-state index in [-0.39, 0.29) is 17.7 Å². The Labute approximate surface area is 178 Å². The molecule has 1 aliphatic heterocycles. The Kier molecular flexibility index (Phi) is 6.35. The summed E-state index contributed by atoms with van der Waals surface area (Å²) in [6.07, 6.45) is 2.86. The predicted molar refractivity (Wildman–Crippen MR) is 123 cm³/mol. The maximum atomic E-state index is 10.9. The molecule has 0 amide bonds. The summed E-state index contributed by atoms with van der Waals surface area (Å²) in [6, 6.07) is 19.8. The molecule has 0 saturated carbocycles. The highest BCUT2D eigenvalue weighted by molar-refractivity contribution is 7.09. The number of rotatable bonds is 8. The van der Waals surface area contributed by atoms with Gasteiger partial charge in [-0.25, -0.2) is 0 Å². The first-order chi connectivity index (χ1) is 14.0. The summed E-state index contributed by atoms with van der Waals surface area (Å²) in [5, 5.41) is 19.3. The quantitative estimate of drug-likeness (QED) is 0.560. The van der Waals surface area contributed by atoms with Gasteiger partial charge in [0.1, 0.15) is 0 Å². The van der Waals surface area contributed by atoms with Gasteiger partial charge in [0.05, 0.1) is 6.10 Å². The molecular weight excluding hydrogens is 376 g/mol. The van der Waals surface area contributed by atoms with E-state index < -0.39 is 0 Å². The normalized spacial score (nSPS) is 19.1. The van der Waals surface area contributed by atoms with Crippen molar-refractivity contribution in [2.75, 3.05) is 13.1 Å². The summed E-state index contributed by atoms with van der Waals surface area (Å²) in [5.74, 6) is 0. The first kappa shape index (κ1) is 20.5. The highest BCUT2D eigenvalue weighted by Gasteiger charge is 2.31. The van der Waals surface area contributed by atoms with E-state index in [1.54, 1.807) is 11.3 Å². The zero-order valence-corrected chi connectivity index (χ0v) is 18.3. The van der Waals surface area contributed by atoms with Gasteiger partial charge in [-0.05, 0) is 67.4 Å². The van der Waals surface area contributed by atoms with Crippen LogP contribution in [0.4, 0.5) is 0 Å². The smallest absolute Gasteiger partial charge is 0.0819 e. The first-order valence-electron chi connectivity index (χ1n) is 10.7. The fourth-order valence-corrected chi connectivity index (χ4v) is 5.25. The third-order valence-corrected chi connectivity index (χ3v) is 6.91. The van der Waals surface area contributed by atoms with Gasteiger partial charge in [-0.2, -0.15) is 0 Å². The number of nitrogens with one attached hydrogen (secondary N) is 1. The lowest BCUT2D eigenvalue weighted by Crippen LogP contribution is -2.50. The zero-order valence-electron chi connectivity index (χ0n) is 17.5. The van der Waals surface area contributed by atoms with E-state index in [1.165, 1.54) is 27.6 Å². The lowest BCUT2D eigenvalue weighted by molar-refractivity contribution is 0.0637. The van der Waals surface area contributed by atoms with Crippen molar-refractivity contribution in [3.8, 4) is 0 Å². The monoisotopic (exact) mass is 408 g/mol. The third kappa shape index (κ3) is 5.26. The Bertz CT molecular complexity index is 921. The Morgan fingerprint density at radius 3 is 2.76 bits per heavy atom. The molecule has 2 atom stereocenters. The number of likely N-dealkylation sites (tertiary alicyclic amines) is 1. The molecule has 4 heteroatoms. The van der Waals surface area contributed by atoms with E-state index in [9.17, 15) is 5.11 Å². The maximum absolute atomic E-state index is 10.9. The van der Waals surface area contributed by atoms with Crippen molar-refractivity contribution in [1.29, 1.82) is 0 Å². The minimum Gasteiger partial charge on any atom is -0.390 e. The van der Waals surface area contributed by atoms with Gasteiger partial charge in [0.2, 0.25) is 0 Å². The third-order valence-electron chi connectivity index (χ3n) is 6.05. The standard InChI is InChI=1S/C25H32N2OS/c1-25(2,16-19-11-12-20-7-3-4-8-21(20)15-19)26-17-24(28)23-10-5-13-27(23)18-22-9-6-14-29-22/h3-4,6-9,11-12,14-15,23-24,26,28H,5,10,13,16-18H2,1-2H3/t23-,24-/m1/s1. The summed E-state index contributed by atoms with van der Waals surface area (Å²) in [7, 11) is 0. The predicted octanol–water partition coefficient (Wildman–Crippen LogP) is 4.84. The second-order valence-electron chi connectivity index (χ2n) is 8.95. The molecule has 0 aliphatic carbocycles. The number of hydrogen-bond acceptors (Lipinski definition) is 4. The number of hydrogen-bond donors (Lipinski definition) is 2. The largest absolute Gasteiger partial charge is 0.390 e. The average molecular weight is 409 g/mol. The molecule has 2 heterocycles. The highest BCUT2D eigenvalue weighted by atomic mass is 32.1. The molecular formula is C25H32N2OS. The lowest BCUT2D eigenvalue weighted by atomic mass is 9.93. The van der Waals surface area contributed by atoms with Crippen LogP contribution in [0.1, 0.15) is 37.1 Å². The van der Waals surface area contributed by atoms with Crippen molar-refractivity contribution in [2.45, 2.75) is 57.3 Å². The SMILES string of the molecule is CC(C)(Cc1ccc2ccccc2c1)NC[C@@H](O)[C@H]1CCCN1Cc1cccs1. The molecule has 2 N–H and O–H groups in total. The summed E-state index contributed by atoms with van der Waals surface area (Å²) >= 11 is 1.80. The molecule has 4 rings (SSSR count). The van der Waals surface area contributed by atoms with E-state index in [4.69, 9.17) is 0 Å². The highest BCUT2D eigenvalue weighted by Crippen LogP contribution is 2.25. The van der Waals surface area contributed by atoms with Gasteiger partial charge < -0.3 is 10.4 Å². The number of benzene rings is 2. The van der Waals surface area contributed by atoms with E-state index in [0.717, 1.165) is 25.9 Å². The van der Waals surface area contributed by atoms with E-state index in [0.29, 0.717) is 6.54 Å². The molecule has 0 unspecified atom stereocenters. The van der Waals surface area contributed by atoms with Crippen molar-refractivity contribution in [3.05, 3.63) is 70.4 Å². The van der Waals surface area contributed by atoms with Gasteiger partial charge in [0, 0.05) is 29.5 Å². The van der Waals surface area contributed by atoms with E-state index >= 15 is 0 Å². The maximum Gasteiger partial charge on any atom is 0.0819 e. The lowest BCUT2D eigenvalue weighted by Gasteiger charge is -2.32. The summed E-state index contributed by atoms with van der Waals surface area (Å²) in [4.78, 5) is 3.84. The van der Waals surface area contributed by atoms with Crippen molar-refractivity contribution < 1.29 is 5.11 Å². The molecule has 1 fully saturated rings. The average Bonchev–Trinajstić information content (AvgIpc) is 3.38. The van der Waals surface area contributed by atoms with Gasteiger partial charge in [-0.1, -0.05) is 48.5 Å². The molecule has 1 aromatic heterocycles. The van der Waals surface area contributed by atoms with Gasteiger partial charge in [0.15, 0.2) is 0 Å². The number of nitrogens with zero attached hydrogens (tertiary/aromatic N) is 1. The van der Waals surface area contributed by atoms with Gasteiger partial charge in [0.25, 0.3) is 0 Å². The number of β-amino-alcohol motifs (C(OH)–C–C–N with tert-alkyl or cyclic N) is 1. The van der Waals surface area contributed by atoms with Crippen molar-refractivity contribution in [2.24, 2.45) is 0 Å². The van der Waals surface area contributed by atoms with E-state index in [1.807, 2.05) is 0 Å². The van der Waals surface area contributed by atoms with Crippen molar-refractivity contribution in [3.63, 3.8) is 0 Å². The Hall–Kier alpha value is -1.72. The Morgan fingerprint density at radius 2 is 1.97 bits per heavy atom. The van der Waals surface area contributed by atoms with Crippen LogP contribution in [-0.4, -0.2) is 40.8 Å². The molecule has 0 bridgehead atoms. The molecule has 29 heavy (non-hydrogen) atoms. The van der Waals surface area contributed by atoms with Gasteiger partial charge >= 0.3 is 0 Å². The summed E-state index contributed by atoms with van der Waals surface area (Å²) < 4.78 is 0. The van der Waals surface area contributed by atoms with Crippen LogP contribution in [-0.2, 0) is 13.0 Å². The fraction of sp³-hybridized carbons (Fsp3) is 0.440. The van der Waals surface area contributed by atoms with Gasteiger partial charge in [-0.15, -0.1) is 11.3 Å². The summed E-state index contributed by atoms with van der Waals surface area (Å²) in [6.45, 7) is 7.13. The molecule has 2 aromatic carbocycles. The molecule has 3 nitrogen and oxygen atoms in total. The zero-order chi connectivity index (χ0) is 20.3. The van der Waals surface area contributed by atoms with Gasteiger partial charge in [-0.3, -0.25) is 4.90 Å². The molecule has 3 aromatic rings. The minimum atomic E-state index is -0.339. The number of thiophene rings is 1. The van der Waals surface area contributed by atoms with Crippen LogP contribution in [0.15, 0.2) is 60.0 Å². The molecule has 0 spiro atoms. The second kappa shape index (κ2) is 8.97. The minimum absolute atomic E-state index is 0.0688. The number of aliphatic hydroxyl groups excluding tert-OH is 1. The molecule has 0 radical (unpaired) electrons. The number of fused-ring (bicyclic) bond motifs is 1. The van der Waals surface area contributed by atoms with Crippen LogP contribution in [0, 0.1) is 0 Å². The van der Waals surface area contributed by atoms with Crippen molar-refractivity contribution in [1.82, 2.24) is 10.2 Å². The molecule has 1 aliphatic rings. The topological polar surface area (TPSA) is 35.5 Å². The van der Waals surface area contributed by atoms with Crippen LogP contribution in [0.2, 0.25) is 0 Å². The van der Waals surface area contributed by atoms with Crippen LogP contribution in [0.5, 0.6) is 0 Å². The molecule has 1 saturated heterocycles. The molecule has 154 valence electrons. The summed E-state index contributed by atoms with van der Waals surface area (Å²) in [5.41, 5.74) is 1.26. The van der Waals surface area contributed by atoms with Crippen LogP contribution in [0.3, 0.4) is 0 Å². The second-order valence-corrected chi connectivity index (χ2v) is 9.98. The van der Waals surface area contributed by atoms with Crippen LogP contribution in [0.25, 0.3) is 10.8 Å². The van der Waals surface area contributed by atoms with Crippen molar-refractivity contribution >= 4 is 22.1 Å². The fourth-order valence-electron chi connectivity index (χ4n) is 4.53.